The zero-order valence-corrected chi connectivity index (χ0v) is 11.0. The fraction of sp³-hybridized carbons (Fsp3) is 0.750. The molecule has 1 aromatic heterocycles. The van der Waals surface area contributed by atoms with Gasteiger partial charge in [0.25, 0.3) is 0 Å². The van der Waals surface area contributed by atoms with Gasteiger partial charge in [0, 0.05) is 36.6 Å². The van der Waals surface area contributed by atoms with Crippen LogP contribution in [-0.2, 0) is 0 Å². The Balaban J connectivity index is 1.74. The van der Waals surface area contributed by atoms with Crippen LogP contribution >= 0.6 is 11.3 Å². The Labute approximate surface area is 102 Å². The molecular formula is C12H21N3S. The number of likely N-dealkylation sites (tertiary alicyclic amines) is 1. The Kier molecular flexibility index (Phi) is 4.32. The smallest absolute Gasteiger partial charge is 0.0965 e. The monoisotopic (exact) mass is 239 g/mol. The molecule has 1 aromatic rings. The molecular weight excluding hydrogens is 218 g/mol. The Hall–Kier alpha value is -0.450. The van der Waals surface area contributed by atoms with Gasteiger partial charge in [-0.1, -0.05) is 6.92 Å². The van der Waals surface area contributed by atoms with Crippen molar-refractivity contribution in [2.45, 2.75) is 31.7 Å². The fourth-order valence-electron chi connectivity index (χ4n) is 2.24. The van der Waals surface area contributed by atoms with Gasteiger partial charge in [0.1, 0.15) is 0 Å². The van der Waals surface area contributed by atoms with E-state index in [0.29, 0.717) is 12.0 Å². The van der Waals surface area contributed by atoms with Crippen molar-refractivity contribution in [3.05, 3.63) is 16.6 Å². The average molecular weight is 239 g/mol. The van der Waals surface area contributed by atoms with E-state index in [1.54, 1.807) is 11.3 Å². The van der Waals surface area contributed by atoms with Crippen LogP contribution in [0.5, 0.6) is 0 Å². The molecule has 0 radical (unpaired) electrons. The van der Waals surface area contributed by atoms with E-state index >= 15 is 0 Å². The number of nitrogens with one attached hydrogen (secondary N) is 1. The predicted octanol–water partition coefficient (Wildman–Crippen LogP) is 1.93. The largest absolute Gasteiger partial charge is 0.312 e. The van der Waals surface area contributed by atoms with Crippen molar-refractivity contribution >= 4 is 11.3 Å². The number of piperidine rings is 1. The van der Waals surface area contributed by atoms with Crippen molar-refractivity contribution in [2.24, 2.45) is 0 Å². The van der Waals surface area contributed by atoms with Gasteiger partial charge in [-0.2, -0.15) is 0 Å². The first-order valence-electron chi connectivity index (χ1n) is 6.07. The number of aromatic nitrogens is 1. The first-order chi connectivity index (χ1) is 7.75. The minimum Gasteiger partial charge on any atom is -0.312 e. The van der Waals surface area contributed by atoms with Gasteiger partial charge < -0.3 is 10.2 Å². The zero-order chi connectivity index (χ0) is 11.4. The summed E-state index contributed by atoms with van der Waals surface area (Å²) in [6.07, 6.45) is 4.53. The highest BCUT2D eigenvalue weighted by Gasteiger charge is 2.17. The molecule has 0 aromatic carbocycles. The fourth-order valence-corrected chi connectivity index (χ4v) is 2.94. The van der Waals surface area contributed by atoms with E-state index in [2.05, 4.69) is 34.6 Å². The number of nitrogens with zero attached hydrogens (tertiary/aromatic N) is 2. The molecule has 0 aliphatic carbocycles. The molecule has 1 aliphatic rings. The third-order valence-electron chi connectivity index (χ3n) is 3.21. The second kappa shape index (κ2) is 5.75. The normalized spacial score (nSPS) is 24.5. The van der Waals surface area contributed by atoms with E-state index in [4.69, 9.17) is 0 Å². The molecule has 0 amide bonds. The van der Waals surface area contributed by atoms with Crippen LogP contribution in [0.1, 0.15) is 30.7 Å². The molecule has 1 saturated heterocycles. The van der Waals surface area contributed by atoms with Crippen molar-refractivity contribution in [1.29, 1.82) is 0 Å². The van der Waals surface area contributed by atoms with E-state index in [9.17, 15) is 0 Å². The molecule has 90 valence electrons. The van der Waals surface area contributed by atoms with E-state index in [-0.39, 0.29) is 0 Å². The second-order valence-corrected chi connectivity index (χ2v) is 5.71. The highest BCUT2D eigenvalue weighted by Crippen LogP contribution is 2.17. The maximum absolute atomic E-state index is 4.36. The lowest BCUT2D eigenvalue weighted by atomic mass is 10.1. The first kappa shape index (κ1) is 12.0. The lowest BCUT2D eigenvalue weighted by Crippen LogP contribution is -2.44. The van der Waals surface area contributed by atoms with Gasteiger partial charge in [-0.25, -0.2) is 4.98 Å². The summed E-state index contributed by atoms with van der Waals surface area (Å²) < 4.78 is 0. The topological polar surface area (TPSA) is 28.2 Å². The van der Waals surface area contributed by atoms with Crippen molar-refractivity contribution in [2.75, 3.05) is 26.7 Å². The number of hydrogen-bond acceptors (Lipinski definition) is 4. The summed E-state index contributed by atoms with van der Waals surface area (Å²) in [6.45, 7) is 5.73. The van der Waals surface area contributed by atoms with Gasteiger partial charge in [-0.3, -0.25) is 0 Å². The molecule has 1 fully saturated rings. The second-order valence-electron chi connectivity index (χ2n) is 4.78. The molecule has 0 spiro atoms. The van der Waals surface area contributed by atoms with Crippen LogP contribution in [0.15, 0.2) is 11.6 Å². The predicted molar refractivity (Wildman–Crippen MR) is 69.1 cm³/mol. The van der Waals surface area contributed by atoms with Crippen molar-refractivity contribution in [1.82, 2.24) is 15.2 Å². The molecule has 16 heavy (non-hydrogen) atoms. The number of likely N-dealkylation sites (N-methyl/N-ethyl adjacent to an activating group) is 1. The molecule has 1 N–H and O–H groups in total. The maximum Gasteiger partial charge on any atom is 0.0965 e. The van der Waals surface area contributed by atoms with Crippen LogP contribution in [0, 0.1) is 0 Å². The van der Waals surface area contributed by atoms with Crippen molar-refractivity contribution in [3.8, 4) is 0 Å². The van der Waals surface area contributed by atoms with Crippen LogP contribution in [0.2, 0.25) is 0 Å². The summed E-state index contributed by atoms with van der Waals surface area (Å²) in [6, 6.07) is 0.668. The molecule has 3 nitrogen and oxygen atoms in total. The molecule has 2 rings (SSSR count). The summed E-state index contributed by atoms with van der Waals surface area (Å²) in [5.41, 5.74) is 0. The van der Waals surface area contributed by atoms with Gasteiger partial charge in [0.15, 0.2) is 0 Å². The zero-order valence-electron chi connectivity index (χ0n) is 10.1. The molecule has 4 heteroatoms. The average Bonchev–Trinajstić information content (AvgIpc) is 2.79. The Bertz CT molecular complexity index is 299. The Morgan fingerprint density at radius 1 is 1.69 bits per heavy atom. The summed E-state index contributed by atoms with van der Waals surface area (Å²) in [5.74, 6) is 0.534. The van der Waals surface area contributed by atoms with E-state index in [1.807, 2.05) is 6.20 Å². The van der Waals surface area contributed by atoms with Gasteiger partial charge in [-0.15, -0.1) is 11.3 Å². The van der Waals surface area contributed by atoms with Crippen LogP contribution in [0.4, 0.5) is 0 Å². The van der Waals surface area contributed by atoms with E-state index < -0.39 is 0 Å². The van der Waals surface area contributed by atoms with Gasteiger partial charge in [0.2, 0.25) is 0 Å². The van der Waals surface area contributed by atoms with Gasteiger partial charge >= 0.3 is 0 Å². The molecule has 2 unspecified atom stereocenters. The summed E-state index contributed by atoms with van der Waals surface area (Å²) in [4.78, 5) is 6.77. The Morgan fingerprint density at radius 3 is 3.25 bits per heavy atom. The highest BCUT2D eigenvalue weighted by atomic mass is 32.1. The lowest BCUT2D eigenvalue weighted by molar-refractivity contribution is 0.226. The summed E-state index contributed by atoms with van der Waals surface area (Å²) in [7, 11) is 2.21. The van der Waals surface area contributed by atoms with Crippen LogP contribution < -0.4 is 5.32 Å². The number of rotatable bonds is 4. The van der Waals surface area contributed by atoms with E-state index in [1.165, 1.54) is 30.9 Å². The molecule has 2 atom stereocenters. The van der Waals surface area contributed by atoms with Gasteiger partial charge in [0.05, 0.1) is 5.01 Å². The molecule has 0 bridgehead atoms. The van der Waals surface area contributed by atoms with Crippen LogP contribution in [-0.4, -0.2) is 42.6 Å². The molecule has 2 heterocycles. The number of thiazole rings is 1. The summed E-state index contributed by atoms with van der Waals surface area (Å²) in [5, 5.41) is 6.97. The van der Waals surface area contributed by atoms with E-state index in [0.717, 1.165) is 6.54 Å². The minimum absolute atomic E-state index is 0.534. The third-order valence-corrected chi connectivity index (χ3v) is 4.22. The highest BCUT2D eigenvalue weighted by molar-refractivity contribution is 7.09. The van der Waals surface area contributed by atoms with Crippen molar-refractivity contribution in [3.63, 3.8) is 0 Å². The minimum atomic E-state index is 0.534. The van der Waals surface area contributed by atoms with Crippen molar-refractivity contribution < 1.29 is 0 Å². The molecule has 1 aliphatic heterocycles. The summed E-state index contributed by atoms with van der Waals surface area (Å²) >= 11 is 1.76. The Morgan fingerprint density at radius 2 is 2.56 bits per heavy atom. The first-order valence-corrected chi connectivity index (χ1v) is 6.95. The third kappa shape index (κ3) is 3.27. The number of hydrogen-bond donors (Lipinski definition) is 1. The quantitative estimate of drug-likeness (QED) is 0.870. The molecule has 0 saturated carbocycles. The maximum atomic E-state index is 4.36. The van der Waals surface area contributed by atoms with Crippen LogP contribution in [0.3, 0.4) is 0 Å². The standard InChI is InChI=1S/C12H21N3S/c1-10(12-13-5-7-16-12)8-14-11-4-3-6-15(2)9-11/h5,7,10-11,14H,3-4,6,8-9H2,1-2H3. The van der Waals surface area contributed by atoms with Crippen LogP contribution in [0.25, 0.3) is 0 Å². The SMILES string of the molecule is CC(CNC1CCCN(C)C1)c1nccs1. The van der Waals surface area contributed by atoms with Gasteiger partial charge in [-0.05, 0) is 26.4 Å². The lowest BCUT2D eigenvalue weighted by Gasteiger charge is -2.31.